The number of carbonyl (C=O) groups excluding carboxylic acids is 3. The van der Waals surface area contributed by atoms with Crippen LogP contribution in [-0.4, -0.2) is 34.0 Å². The number of hydrogen-bond acceptors (Lipinski definition) is 9. The zero-order valence-electron chi connectivity index (χ0n) is 18.6. The smallest absolute Gasteiger partial charge is 0.373 e. The molecule has 0 unspecified atom stereocenters. The van der Waals surface area contributed by atoms with Gasteiger partial charge in [0.05, 0.1) is 27.1 Å². The molecule has 0 saturated carbocycles. The summed E-state index contributed by atoms with van der Waals surface area (Å²) in [5.41, 5.74) is 1.50. The molecule has 1 aliphatic rings. The van der Waals surface area contributed by atoms with Crippen molar-refractivity contribution < 1.29 is 33.2 Å². The maximum atomic E-state index is 12.8. The second-order valence-electron chi connectivity index (χ2n) is 7.43. The third-order valence-corrected chi connectivity index (χ3v) is 6.78. The number of furan rings is 1. The van der Waals surface area contributed by atoms with Crippen molar-refractivity contribution in [3.8, 4) is 5.75 Å². The zero-order chi connectivity index (χ0) is 25.8. The highest BCUT2D eigenvalue weighted by Gasteiger charge is 2.35. The molecule has 10 nitrogen and oxygen atoms in total. The second kappa shape index (κ2) is 11.0. The largest absolute Gasteiger partial charge is 0.488 e. The maximum absolute atomic E-state index is 12.8. The van der Waals surface area contributed by atoms with Crippen molar-refractivity contribution in [3.05, 3.63) is 95.8 Å². The molecule has 1 aliphatic heterocycles. The normalized spacial score (nSPS) is 14.4. The lowest BCUT2D eigenvalue weighted by atomic mass is 10.2. The molecule has 0 atom stereocenters. The molecule has 1 fully saturated rings. The van der Waals surface area contributed by atoms with E-state index in [1.165, 1.54) is 31.4 Å². The molecule has 1 aromatic heterocycles. The molecule has 2 heterocycles. The quantitative estimate of drug-likeness (QED) is 0.107. The van der Waals surface area contributed by atoms with Crippen molar-refractivity contribution >= 4 is 63.2 Å². The average molecular weight is 620 g/mol. The Morgan fingerprint density at radius 1 is 1.17 bits per heavy atom. The van der Waals surface area contributed by atoms with Crippen LogP contribution in [0.3, 0.4) is 0 Å². The Morgan fingerprint density at radius 3 is 2.58 bits per heavy atom. The summed E-state index contributed by atoms with van der Waals surface area (Å²) < 4.78 is 16.5. The number of ether oxygens (including phenoxy) is 2. The standard InChI is InChI=1S/C24H17IN2O8S/c1-33-23(29)20-9-7-17(35-20)12-26-22(28)21(36-24(26)30)11-15-4-8-19(18(25)10-15)34-13-14-2-5-16(6-3-14)27(31)32/h2-11H,12-13H2,1H3/b21-11+. The van der Waals surface area contributed by atoms with Gasteiger partial charge in [0, 0.05) is 12.1 Å². The third kappa shape index (κ3) is 5.76. The molecule has 4 rings (SSSR count). The summed E-state index contributed by atoms with van der Waals surface area (Å²) in [6.45, 7) is 0.128. The van der Waals surface area contributed by atoms with Gasteiger partial charge >= 0.3 is 5.97 Å². The van der Waals surface area contributed by atoms with Gasteiger partial charge in [0.1, 0.15) is 18.1 Å². The fourth-order valence-electron chi connectivity index (χ4n) is 3.22. The molecule has 36 heavy (non-hydrogen) atoms. The van der Waals surface area contributed by atoms with E-state index in [2.05, 4.69) is 27.3 Å². The number of esters is 1. The molecule has 0 radical (unpaired) electrons. The summed E-state index contributed by atoms with van der Waals surface area (Å²) in [6.07, 6.45) is 1.62. The van der Waals surface area contributed by atoms with E-state index in [-0.39, 0.29) is 35.3 Å². The molecule has 0 aliphatic carbocycles. The Hall–Kier alpha value is -3.65. The highest BCUT2D eigenvalue weighted by molar-refractivity contribution is 14.1. The SMILES string of the molecule is COC(=O)c1ccc(CN2C(=O)S/C(=C/c3ccc(OCc4ccc([N+](=O)[O-])cc4)c(I)c3)C2=O)o1. The van der Waals surface area contributed by atoms with Crippen LogP contribution < -0.4 is 4.74 Å². The van der Waals surface area contributed by atoms with Crippen molar-refractivity contribution in [2.75, 3.05) is 7.11 Å². The highest BCUT2D eigenvalue weighted by Crippen LogP contribution is 2.34. The summed E-state index contributed by atoms with van der Waals surface area (Å²) in [6, 6.07) is 14.4. The zero-order valence-corrected chi connectivity index (χ0v) is 21.6. The van der Waals surface area contributed by atoms with Gasteiger partial charge in [-0.3, -0.25) is 24.6 Å². The first kappa shape index (κ1) is 25.4. The van der Waals surface area contributed by atoms with E-state index in [1.807, 2.05) is 6.07 Å². The first-order chi connectivity index (χ1) is 17.2. The number of thioether (sulfide) groups is 1. The minimum absolute atomic E-state index is 0.0113. The lowest BCUT2D eigenvalue weighted by Crippen LogP contribution is -2.27. The van der Waals surface area contributed by atoms with E-state index in [0.717, 1.165) is 25.8 Å². The fourth-order valence-corrected chi connectivity index (χ4v) is 4.75. The van der Waals surface area contributed by atoms with Gasteiger partial charge in [-0.2, -0.15) is 0 Å². The summed E-state index contributed by atoms with van der Waals surface area (Å²) in [5.74, 6) is -0.235. The van der Waals surface area contributed by atoms with Crippen molar-refractivity contribution in [1.82, 2.24) is 4.90 Å². The van der Waals surface area contributed by atoms with Crippen LogP contribution in [0.1, 0.15) is 27.4 Å². The molecule has 184 valence electrons. The van der Waals surface area contributed by atoms with Crippen LogP contribution in [0.2, 0.25) is 0 Å². The molecule has 0 spiro atoms. The monoisotopic (exact) mass is 620 g/mol. The lowest BCUT2D eigenvalue weighted by molar-refractivity contribution is -0.384. The van der Waals surface area contributed by atoms with Gasteiger partial charge < -0.3 is 13.9 Å². The molecule has 3 aromatic rings. The number of imide groups is 1. The molecule has 12 heteroatoms. The number of nitrogens with zero attached hydrogens (tertiary/aromatic N) is 2. The van der Waals surface area contributed by atoms with Gasteiger partial charge in [-0.15, -0.1) is 0 Å². The Bertz CT molecular complexity index is 1380. The highest BCUT2D eigenvalue weighted by atomic mass is 127. The number of amides is 2. The van der Waals surface area contributed by atoms with Crippen LogP contribution in [0.25, 0.3) is 6.08 Å². The van der Waals surface area contributed by atoms with E-state index >= 15 is 0 Å². The van der Waals surface area contributed by atoms with Crippen molar-refractivity contribution in [2.24, 2.45) is 0 Å². The van der Waals surface area contributed by atoms with Crippen LogP contribution in [0.4, 0.5) is 10.5 Å². The van der Waals surface area contributed by atoms with Crippen LogP contribution in [0.5, 0.6) is 5.75 Å². The molecular weight excluding hydrogens is 603 g/mol. The van der Waals surface area contributed by atoms with Crippen LogP contribution >= 0.6 is 34.4 Å². The van der Waals surface area contributed by atoms with Gasteiger partial charge in [0.15, 0.2) is 0 Å². The number of rotatable bonds is 8. The topological polar surface area (TPSA) is 129 Å². The van der Waals surface area contributed by atoms with E-state index in [1.54, 1.807) is 30.3 Å². The van der Waals surface area contributed by atoms with Crippen molar-refractivity contribution in [2.45, 2.75) is 13.2 Å². The van der Waals surface area contributed by atoms with Crippen molar-refractivity contribution in [1.29, 1.82) is 0 Å². The number of halogens is 1. The molecule has 2 amide bonds. The average Bonchev–Trinajstić information content (AvgIpc) is 3.43. The summed E-state index contributed by atoms with van der Waals surface area (Å²) >= 11 is 2.92. The van der Waals surface area contributed by atoms with Gasteiger partial charge in [-0.25, -0.2) is 4.79 Å². The van der Waals surface area contributed by atoms with Crippen LogP contribution in [0, 0.1) is 13.7 Å². The number of non-ortho nitro benzene ring substituents is 1. The first-order valence-corrected chi connectivity index (χ1v) is 12.2. The van der Waals surface area contributed by atoms with Gasteiger partial charge in [0.25, 0.3) is 16.8 Å². The van der Waals surface area contributed by atoms with Gasteiger partial charge in [-0.1, -0.05) is 6.07 Å². The Labute approximate surface area is 222 Å². The Morgan fingerprint density at radius 2 is 1.92 bits per heavy atom. The number of hydrogen-bond donors (Lipinski definition) is 0. The number of nitro benzene ring substituents is 1. The predicted octanol–water partition coefficient (Wildman–Crippen LogP) is 5.39. The van der Waals surface area contributed by atoms with Crippen molar-refractivity contribution in [3.63, 3.8) is 0 Å². The predicted molar refractivity (Wildman–Crippen MR) is 138 cm³/mol. The van der Waals surface area contributed by atoms with Crippen LogP contribution in [0.15, 0.2) is 63.9 Å². The van der Waals surface area contributed by atoms with E-state index in [4.69, 9.17) is 9.15 Å². The minimum Gasteiger partial charge on any atom is -0.488 e. The summed E-state index contributed by atoms with van der Waals surface area (Å²) in [7, 11) is 1.23. The minimum atomic E-state index is -0.648. The van der Waals surface area contributed by atoms with E-state index < -0.39 is 22.0 Å². The molecule has 0 bridgehead atoms. The Kier molecular flexibility index (Phi) is 7.74. The molecule has 2 aromatic carbocycles. The number of benzene rings is 2. The van der Waals surface area contributed by atoms with Gasteiger partial charge in [-0.05, 0) is 88.0 Å². The number of methoxy groups -OCH3 is 1. The second-order valence-corrected chi connectivity index (χ2v) is 9.58. The van der Waals surface area contributed by atoms with Gasteiger partial charge in [0.2, 0.25) is 5.76 Å². The van der Waals surface area contributed by atoms with E-state index in [0.29, 0.717) is 11.3 Å². The van der Waals surface area contributed by atoms with E-state index in [9.17, 15) is 24.5 Å². The summed E-state index contributed by atoms with van der Waals surface area (Å²) in [4.78, 5) is 48.4. The maximum Gasteiger partial charge on any atom is 0.373 e. The molecule has 0 N–H and O–H groups in total. The molecular formula is C24H17IN2O8S. The summed E-state index contributed by atoms with van der Waals surface area (Å²) in [5, 5.41) is 10.3. The molecule has 1 saturated heterocycles. The fraction of sp³-hybridized carbons (Fsp3) is 0.125. The lowest BCUT2D eigenvalue weighted by Gasteiger charge is -2.10. The number of nitro groups is 1. The first-order valence-electron chi connectivity index (χ1n) is 10.3. The third-order valence-electron chi connectivity index (χ3n) is 5.03. The van der Waals surface area contributed by atoms with Crippen LogP contribution in [-0.2, 0) is 22.7 Å². The number of carbonyl (C=O) groups is 3. The Balaban J connectivity index is 1.41.